The molecule has 1 aliphatic heterocycles. The molecule has 2 aromatic carbocycles. The normalized spacial score (nSPS) is 15.4. The molecule has 0 radical (unpaired) electrons. The first-order valence-electron chi connectivity index (χ1n) is 8.13. The van der Waals surface area contributed by atoms with E-state index in [0.29, 0.717) is 26.5 Å². The number of halogens is 2. The van der Waals surface area contributed by atoms with Gasteiger partial charge in [0.25, 0.3) is 5.91 Å². The number of carbonyl (C=O) groups excluding carboxylic acids is 2. The van der Waals surface area contributed by atoms with Crippen LogP contribution < -0.4 is 10.1 Å². The van der Waals surface area contributed by atoms with Crippen LogP contribution in [0.4, 0.5) is 4.79 Å². The fraction of sp³-hybridized carbons (Fsp3) is 0.158. The number of aromatic hydroxyl groups is 1. The van der Waals surface area contributed by atoms with E-state index in [1.165, 1.54) is 0 Å². The van der Waals surface area contributed by atoms with Crippen LogP contribution in [0.2, 0.25) is 5.02 Å². The summed E-state index contributed by atoms with van der Waals surface area (Å²) in [5, 5.41) is 13.2. The minimum Gasteiger partial charge on any atom is -0.504 e. The third kappa shape index (κ3) is 4.36. The molecule has 140 valence electrons. The van der Waals surface area contributed by atoms with Crippen molar-refractivity contribution in [2.24, 2.45) is 0 Å². The standard InChI is InChI=1S/C19H16ClIN2O4/c1-2-27-16-9-12(7-14(21)17(16)24)8-15-18(25)23(19(26)22-15)10-11-3-5-13(20)6-4-11/h3-9,24H,2,10H2,1H3,(H,22,26)/b15-8-. The Hall–Kier alpha value is -2.26. The van der Waals surface area contributed by atoms with Gasteiger partial charge in [0, 0.05) is 5.02 Å². The Balaban J connectivity index is 1.85. The second kappa shape index (κ2) is 8.18. The van der Waals surface area contributed by atoms with Gasteiger partial charge in [-0.15, -0.1) is 0 Å². The first kappa shape index (κ1) is 19.5. The summed E-state index contributed by atoms with van der Waals surface area (Å²) in [4.78, 5) is 26.0. The van der Waals surface area contributed by atoms with Crippen LogP contribution in [0.5, 0.6) is 11.5 Å². The van der Waals surface area contributed by atoms with Crippen molar-refractivity contribution in [3.05, 3.63) is 61.8 Å². The minimum atomic E-state index is -0.486. The van der Waals surface area contributed by atoms with Crippen LogP contribution in [0.25, 0.3) is 6.08 Å². The van der Waals surface area contributed by atoms with Crippen molar-refractivity contribution in [2.75, 3.05) is 6.61 Å². The molecule has 1 heterocycles. The highest BCUT2D eigenvalue weighted by Crippen LogP contribution is 2.33. The molecule has 3 amide bonds. The monoisotopic (exact) mass is 498 g/mol. The Morgan fingerprint density at radius 1 is 1.26 bits per heavy atom. The molecule has 3 rings (SSSR count). The fourth-order valence-electron chi connectivity index (χ4n) is 2.60. The van der Waals surface area contributed by atoms with Gasteiger partial charge in [0.15, 0.2) is 11.5 Å². The molecule has 0 saturated carbocycles. The van der Waals surface area contributed by atoms with Crippen LogP contribution in [0.1, 0.15) is 18.1 Å². The molecule has 0 spiro atoms. The molecular weight excluding hydrogens is 483 g/mol. The summed E-state index contributed by atoms with van der Waals surface area (Å²) in [6.07, 6.45) is 1.56. The average Bonchev–Trinajstić information content (AvgIpc) is 2.88. The van der Waals surface area contributed by atoms with E-state index in [2.05, 4.69) is 5.32 Å². The van der Waals surface area contributed by atoms with Gasteiger partial charge in [-0.05, 0) is 71.0 Å². The molecule has 1 aliphatic rings. The lowest BCUT2D eigenvalue weighted by atomic mass is 10.1. The first-order chi connectivity index (χ1) is 12.9. The summed E-state index contributed by atoms with van der Waals surface area (Å²) in [7, 11) is 0. The van der Waals surface area contributed by atoms with Crippen molar-refractivity contribution in [3.8, 4) is 11.5 Å². The molecule has 0 aliphatic carbocycles. The van der Waals surface area contributed by atoms with Gasteiger partial charge in [0.1, 0.15) is 5.70 Å². The lowest BCUT2D eigenvalue weighted by Gasteiger charge is -2.11. The maximum Gasteiger partial charge on any atom is 0.329 e. The predicted molar refractivity (Wildman–Crippen MR) is 111 cm³/mol. The molecule has 0 aromatic heterocycles. The number of hydrogen-bond donors (Lipinski definition) is 2. The molecule has 27 heavy (non-hydrogen) atoms. The number of carbonyl (C=O) groups is 2. The third-order valence-corrected chi connectivity index (χ3v) is 4.95. The molecule has 0 atom stereocenters. The SMILES string of the molecule is CCOc1cc(/C=C2\NC(=O)N(Cc3ccc(Cl)cc3)C2=O)cc(I)c1O. The number of rotatable bonds is 5. The van der Waals surface area contributed by atoms with Gasteiger partial charge in [-0.2, -0.15) is 0 Å². The third-order valence-electron chi connectivity index (χ3n) is 3.88. The number of phenols is 1. The zero-order valence-electron chi connectivity index (χ0n) is 14.3. The van der Waals surface area contributed by atoms with E-state index in [0.717, 1.165) is 10.5 Å². The molecular formula is C19H16ClIN2O4. The van der Waals surface area contributed by atoms with Crippen LogP contribution in [0.15, 0.2) is 42.1 Å². The van der Waals surface area contributed by atoms with E-state index >= 15 is 0 Å². The Morgan fingerprint density at radius 3 is 2.63 bits per heavy atom. The molecule has 2 N–H and O–H groups in total. The zero-order valence-corrected chi connectivity index (χ0v) is 17.2. The number of nitrogens with zero attached hydrogens (tertiary/aromatic N) is 1. The average molecular weight is 499 g/mol. The van der Waals surface area contributed by atoms with Crippen LogP contribution >= 0.6 is 34.2 Å². The number of amides is 3. The van der Waals surface area contributed by atoms with Gasteiger partial charge in [0.2, 0.25) is 0 Å². The minimum absolute atomic E-state index is 0.0470. The van der Waals surface area contributed by atoms with Gasteiger partial charge in [-0.1, -0.05) is 23.7 Å². The van der Waals surface area contributed by atoms with Crippen molar-refractivity contribution in [1.82, 2.24) is 10.2 Å². The largest absolute Gasteiger partial charge is 0.504 e. The highest BCUT2D eigenvalue weighted by molar-refractivity contribution is 14.1. The lowest BCUT2D eigenvalue weighted by molar-refractivity contribution is -0.123. The van der Waals surface area contributed by atoms with Gasteiger partial charge in [0.05, 0.1) is 16.7 Å². The van der Waals surface area contributed by atoms with Crippen LogP contribution in [0, 0.1) is 3.57 Å². The molecule has 2 aromatic rings. The van der Waals surface area contributed by atoms with Crippen LogP contribution in [-0.2, 0) is 11.3 Å². The number of phenolic OH excluding ortho intramolecular Hbond substituents is 1. The highest BCUT2D eigenvalue weighted by Gasteiger charge is 2.33. The van der Waals surface area contributed by atoms with E-state index in [1.54, 1.807) is 42.5 Å². The van der Waals surface area contributed by atoms with Crippen molar-refractivity contribution in [3.63, 3.8) is 0 Å². The zero-order chi connectivity index (χ0) is 19.6. The van der Waals surface area contributed by atoms with Crippen molar-refractivity contribution >= 4 is 52.2 Å². The highest BCUT2D eigenvalue weighted by atomic mass is 127. The van der Waals surface area contributed by atoms with Crippen molar-refractivity contribution in [2.45, 2.75) is 13.5 Å². The van der Waals surface area contributed by atoms with E-state index in [9.17, 15) is 14.7 Å². The topological polar surface area (TPSA) is 78.9 Å². The molecule has 0 unspecified atom stereocenters. The van der Waals surface area contributed by atoms with Gasteiger partial charge in [-0.3, -0.25) is 9.69 Å². The van der Waals surface area contributed by atoms with E-state index in [-0.39, 0.29) is 18.0 Å². The lowest BCUT2D eigenvalue weighted by Crippen LogP contribution is -2.30. The van der Waals surface area contributed by atoms with Gasteiger partial charge < -0.3 is 15.2 Å². The second-order valence-corrected chi connectivity index (χ2v) is 7.39. The summed E-state index contributed by atoms with van der Waals surface area (Å²) >= 11 is 7.84. The van der Waals surface area contributed by atoms with E-state index in [1.807, 2.05) is 29.5 Å². The Labute approximate surface area is 174 Å². The predicted octanol–water partition coefficient (Wildman–Crippen LogP) is 4.14. The number of ether oxygens (including phenoxy) is 1. The maximum absolute atomic E-state index is 12.6. The summed E-state index contributed by atoms with van der Waals surface area (Å²) in [5.74, 6) is -0.0483. The number of imide groups is 1. The number of hydrogen-bond acceptors (Lipinski definition) is 4. The smallest absolute Gasteiger partial charge is 0.329 e. The fourth-order valence-corrected chi connectivity index (χ4v) is 3.35. The molecule has 1 fully saturated rings. The molecule has 8 heteroatoms. The summed E-state index contributed by atoms with van der Waals surface area (Å²) in [5.41, 5.74) is 1.59. The Kier molecular flexibility index (Phi) is 5.91. The Morgan fingerprint density at radius 2 is 1.96 bits per heavy atom. The Bertz CT molecular complexity index is 928. The van der Waals surface area contributed by atoms with Crippen molar-refractivity contribution in [1.29, 1.82) is 0 Å². The maximum atomic E-state index is 12.6. The van der Waals surface area contributed by atoms with Crippen LogP contribution in [0.3, 0.4) is 0 Å². The number of urea groups is 1. The van der Waals surface area contributed by atoms with E-state index < -0.39 is 11.9 Å². The quantitative estimate of drug-likeness (QED) is 0.369. The molecule has 0 bridgehead atoms. The summed E-state index contributed by atoms with van der Waals surface area (Å²) in [6, 6.07) is 9.78. The number of benzene rings is 2. The van der Waals surface area contributed by atoms with Gasteiger partial charge >= 0.3 is 6.03 Å². The first-order valence-corrected chi connectivity index (χ1v) is 9.59. The summed E-state index contributed by atoms with van der Waals surface area (Å²) in [6.45, 7) is 2.36. The molecule has 6 nitrogen and oxygen atoms in total. The van der Waals surface area contributed by atoms with Gasteiger partial charge in [-0.25, -0.2) is 4.79 Å². The van der Waals surface area contributed by atoms with E-state index in [4.69, 9.17) is 16.3 Å². The summed E-state index contributed by atoms with van der Waals surface area (Å²) < 4.78 is 5.99. The van der Waals surface area contributed by atoms with Crippen molar-refractivity contribution < 1.29 is 19.4 Å². The molecule has 1 saturated heterocycles. The van der Waals surface area contributed by atoms with Crippen LogP contribution in [-0.4, -0.2) is 28.6 Å². The number of nitrogens with one attached hydrogen (secondary N) is 1. The second-order valence-electron chi connectivity index (χ2n) is 5.79.